The number of aryl methyl sites for hydroxylation is 2. The second-order valence-corrected chi connectivity index (χ2v) is 6.77. The SMILES string of the molecule is Cc1nsc(SC(C)C(=O)Nc2cc(N)ccc2C)n1. The average Bonchev–Trinajstić information content (AvgIpc) is 2.79. The van der Waals surface area contributed by atoms with Crippen molar-refractivity contribution in [2.24, 2.45) is 0 Å². The lowest BCUT2D eigenvalue weighted by Crippen LogP contribution is -2.22. The molecule has 1 amide bonds. The van der Waals surface area contributed by atoms with Crippen molar-refractivity contribution in [1.29, 1.82) is 0 Å². The Kier molecular flexibility index (Phi) is 4.61. The van der Waals surface area contributed by atoms with E-state index < -0.39 is 0 Å². The summed E-state index contributed by atoms with van der Waals surface area (Å²) in [4.78, 5) is 16.4. The number of nitrogens with two attached hydrogens (primary N) is 1. The predicted octanol–water partition coefficient (Wildman–Crippen LogP) is 2.86. The highest BCUT2D eigenvalue weighted by Gasteiger charge is 2.17. The van der Waals surface area contributed by atoms with Gasteiger partial charge in [-0.25, -0.2) is 4.98 Å². The van der Waals surface area contributed by atoms with Crippen LogP contribution in [-0.2, 0) is 4.79 Å². The third-order valence-corrected chi connectivity index (χ3v) is 4.65. The maximum Gasteiger partial charge on any atom is 0.237 e. The number of nitrogens with one attached hydrogen (secondary N) is 1. The molecule has 0 aliphatic carbocycles. The van der Waals surface area contributed by atoms with Crippen molar-refractivity contribution in [2.45, 2.75) is 30.4 Å². The summed E-state index contributed by atoms with van der Waals surface area (Å²) >= 11 is 2.71. The molecule has 1 aromatic heterocycles. The molecule has 0 aliphatic heterocycles. The van der Waals surface area contributed by atoms with Crippen LogP contribution in [0.25, 0.3) is 0 Å². The van der Waals surface area contributed by atoms with Crippen molar-refractivity contribution in [2.75, 3.05) is 11.1 Å². The molecule has 1 heterocycles. The third-order valence-electron chi connectivity index (χ3n) is 2.68. The van der Waals surface area contributed by atoms with Gasteiger partial charge in [0, 0.05) is 11.4 Å². The van der Waals surface area contributed by atoms with Crippen LogP contribution in [0.15, 0.2) is 22.5 Å². The third kappa shape index (κ3) is 3.71. The van der Waals surface area contributed by atoms with E-state index in [4.69, 9.17) is 5.73 Å². The molecule has 1 unspecified atom stereocenters. The standard InChI is InChI=1S/C13H16N4OS2/c1-7-4-5-10(14)6-11(7)16-12(18)8(2)19-13-15-9(3)17-20-13/h4-6,8H,14H2,1-3H3,(H,16,18). The molecule has 0 bridgehead atoms. The highest BCUT2D eigenvalue weighted by Crippen LogP contribution is 2.26. The van der Waals surface area contributed by atoms with Gasteiger partial charge in [0.25, 0.3) is 0 Å². The Morgan fingerprint density at radius 1 is 1.45 bits per heavy atom. The molecule has 0 spiro atoms. The van der Waals surface area contributed by atoms with Crippen LogP contribution in [-0.4, -0.2) is 20.5 Å². The van der Waals surface area contributed by atoms with E-state index in [0.29, 0.717) is 5.69 Å². The van der Waals surface area contributed by atoms with Gasteiger partial charge < -0.3 is 11.1 Å². The van der Waals surface area contributed by atoms with E-state index in [9.17, 15) is 4.79 Å². The second kappa shape index (κ2) is 6.23. The first kappa shape index (κ1) is 14.8. The first-order valence-electron chi connectivity index (χ1n) is 6.09. The van der Waals surface area contributed by atoms with Crippen LogP contribution in [0.2, 0.25) is 0 Å². The predicted molar refractivity (Wildman–Crippen MR) is 84.2 cm³/mol. The Labute approximate surface area is 126 Å². The van der Waals surface area contributed by atoms with E-state index in [-0.39, 0.29) is 11.2 Å². The Morgan fingerprint density at radius 3 is 2.85 bits per heavy atom. The molecule has 1 aromatic carbocycles. The minimum atomic E-state index is -0.247. The van der Waals surface area contributed by atoms with Crippen LogP contribution in [0.3, 0.4) is 0 Å². The summed E-state index contributed by atoms with van der Waals surface area (Å²) in [5, 5.41) is 2.65. The maximum atomic E-state index is 12.2. The van der Waals surface area contributed by atoms with Crippen LogP contribution in [0.4, 0.5) is 11.4 Å². The molecule has 106 valence electrons. The highest BCUT2D eigenvalue weighted by molar-refractivity contribution is 8.02. The summed E-state index contributed by atoms with van der Waals surface area (Å²) in [5.41, 5.74) is 8.09. The number of hydrogen-bond donors (Lipinski definition) is 2. The van der Waals surface area contributed by atoms with Gasteiger partial charge in [0.2, 0.25) is 5.91 Å². The topological polar surface area (TPSA) is 80.9 Å². The monoisotopic (exact) mass is 308 g/mol. The van der Waals surface area contributed by atoms with Gasteiger partial charge in [0.15, 0.2) is 4.34 Å². The number of thioether (sulfide) groups is 1. The number of carbonyl (C=O) groups excluding carboxylic acids is 1. The number of aromatic nitrogens is 2. The van der Waals surface area contributed by atoms with Gasteiger partial charge in [-0.2, -0.15) is 4.37 Å². The normalized spacial score (nSPS) is 12.2. The maximum absolute atomic E-state index is 12.2. The van der Waals surface area contributed by atoms with Gasteiger partial charge in [-0.05, 0) is 50.0 Å². The lowest BCUT2D eigenvalue weighted by Gasteiger charge is -2.12. The van der Waals surface area contributed by atoms with E-state index >= 15 is 0 Å². The summed E-state index contributed by atoms with van der Waals surface area (Å²) in [7, 11) is 0. The summed E-state index contributed by atoms with van der Waals surface area (Å²) in [6, 6.07) is 5.46. The Morgan fingerprint density at radius 2 is 2.20 bits per heavy atom. The molecule has 2 aromatic rings. The molecule has 1 atom stereocenters. The van der Waals surface area contributed by atoms with Crippen molar-refractivity contribution in [1.82, 2.24) is 9.36 Å². The van der Waals surface area contributed by atoms with Crippen molar-refractivity contribution < 1.29 is 4.79 Å². The first-order valence-corrected chi connectivity index (χ1v) is 7.75. The molecule has 0 fully saturated rings. The minimum Gasteiger partial charge on any atom is -0.399 e. The number of anilines is 2. The fourth-order valence-electron chi connectivity index (χ4n) is 1.54. The molecule has 0 saturated carbocycles. The van der Waals surface area contributed by atoms with Crippen LogP contribution >= 0.6 is 23.3 Å². The molecule has 5 nitrogen and oxygen atoms in total. The Hall–Kier alpha value is -1.60. The Balaban J connectivity index is 2.02. The van der Waals surface area contributed by atoms with Gasteiger partial charge in [0.05, 0.1) is 5.25 Å². The number of hydrogen-bond acceptors (Lipinski definition) is 6. The number of nitrogens with zero attached hydrogens (tertiary/aromatic N) is 2. The number of rotatable bonds is 4. The van der Waals surface area contributed by atoms with E-state index in [2.05, 4.69) is 14.7 Å². The summed E-state index contributed by atoms with van der Waals surface area (Å²) < 4.78 is 4.90. The van der Waals surface area contributed by atoms with Gasteiger partial charge in [-0.1, -0.05) is 17.8 Å². The van der Waals surface area contributed by atoms with E-state index in [1.54, 1.807) is 6.07 Å². The highest BCUT2D eigenvalue weighted by atomic mass is 32.2. The van der Waals surface area contributed by atoms with Gasteiger partial charge in [-0.15, -0.1) is 0 Å². The second-order valence-electron chi connectivity index (χ2n) is 4.43. The summed E-state index contributed by atoms with van der Waals surface area (Å²) in [6.45, 7) is 5.61. The first-order chi connectivity index (χ1) is 9.45. The number of nitrogen functional groups attached to an aromatic ring is 1. The summed E-state index contributed by atoms with van der Waals surface area (Å²) in [5.74, 6) is 0.660. The molecule has 2 rings (SSSR count). The van der Waals surface area contributed by atoms with Crippen LogP contribution in [0, 0.1) is 13.8 Å². The Bertz CT molecular complexity index is 627. The molecule has 3 N–H and O–H groups in total. The number of benzene rings is 1. The van der Waals surface area contributed by atoms with Crippen molar-refractivity contribution in [3.05, 3.63) is 29.6 Å². The van der Waals surface area contributed by atoms with Crippen molar-refractivity contribution in [3.63, 3.8) is 0 Å². The zero-order chi connectivity index (χ0) is 14.7. The molecule has 20 heavy (non-hydrogen) atoms. The fourth-order valence-corrected chi connectivity index (χ4v) is 3.33. The lowest BCUT2D eigenvalue weighted by molar-refractivity contribution is -0.115. The summed E-state index contributed by atoms with van der Waals surface area (Å²) in [6.07, 6.45) is 0. The lowest BCUT2D eigenvalue weighted by atomic mass is 10.2. The molecule has 7 heteroatoms. The van der Waals surface area contributed by atoms with Crippen molar-refractivity contribution >= 4 is 40.6 Å². The zero-order valence-electron chi connectivity index (χ0n) is 11.5. The van der Waals surface area contributed by atoms with E-state index in [1.165, 1.54) is 23.3 Å². The van der Waals surface area contributed by atoms with Gasteiger partial charge in [0.1, 0.15) is 5.82 Å². The molecular formula is C13H16N4OS2. The fraction of sp³-hybridized carbons (Fsp3) is 0.308. The van der Waals surface area contributed by atoms with Gasteiger partial charge >= 0.3 is 0 Å². The van der Waals surface area contributed by atoms with Gasteiger partial charge in [-0.3, -0.25) is 4.79 Å². The average molecular weight is 308 g/mol. The molecule has 0 radical (unpaired) electrons. The minimum absolute atomic E-state index is 0.0726. The number of carbonyl (C=O) groups is 1. The quantitative estimate of drug-likeness (QED) is 0.670. The number of amides is 1. The van der Waals surface area contributed by atoms with E-state index in [0.717, 1.165) is 21.4 Å². The molecule has 0 saturated heterocycles. The zero-order valence-corrected chi connectivity index (χ0v) is 13.1. The smallest absolute Gasteiger partial charge is 0.237 e. The van der Waals surface area contributed by atoms with Crippen LogP contribution in [0.1, 0.15) is 18.3 Å². The van der Waals surface area contributed by atoms with Crippen LogP contribution in [0.5, 0.6) is 0 Å². The van der Waals surface area contributed by atoms with E-state index in [1.807, 2.05) is 32.9 Å². The van der Waals surface area contributed by atoms with Crippen LogP contribution < -0.4 is 11.1 Å². The largest absolute Gasteiger partial charge is 0.399 e. The molecule has 0 aliphatic rings. The van der Waals surface area contributed by atoms with Crippen molar-refractivity contribution in [3.8, 4) is 0 Å². The molecular weight excluding hydrogens is 292 g/mol.